The first kappa shape index (κ1) is 119. The molecular weight excluding hydrogens is 1740 g/mol. The summed E-state index contributed by atoms with van der Waals surface area (Å²) < 4.78 is 0. The molecule has 19 amide bonds. The molecule has 0 bridgehead atoms. The van der Waals surface area contributed by atoms with E-state index in [0.717, 1.165) is 0 Å². The molecule has 1 aliphatic rings. The minimum Gasteiger partial charge on any atom is -0.480 e. The van der Waals surface area contributed by atoms with Crippen molar-refractivity contribution in [2.45, 2.75) is 326 Å². The number of carboxylic acids is 1. The summed E-state index contributed by atoms with van der Waals surface area (Å²) in [5.74, 6) is -20.0. The first-order chi connectivity index (χ1) is 62.5. The molecule has 0 aliphatic carbocycles. The molecule has 39 N–H and O–H groups in total. The standard InChI is InChI=1S/C82H150N30O21/c1-41(2)61(78(130)101-45(7)65(117)97-47(9)69(121)109-57(80(132)133)31-33-60(89)114)110-74(126)51(24-13-17-35-84)105-72(124)53(27-20-38-94-81(90)91)103-68(120)48(10)98-70(122)50(23-12-16-34-83)102-67(119)49(11)99-71(123)55(30-32-59(88)113)104-66(118)46(8)96-64(116)44(6)100-77(129)62(42(3)4)111-75(127)52(25-14-18-36-85)106-73(125)54(28-21-39-95-82(92)93)107-76(128)58-29-22-40-112(58)79(131)56(26-15-19-37-86)108-63(115)43(5)87/h41-58,61-62H,12-40,83-87H2,1-11H3,(H2,88,113)(H2,89,114)(H,96,116)(H,97,117)(H,98,122)(H,99,123)(H,100,129)(H,101,130)(H,102,119)(H,103,120)(H,104,118)(H,105,124)(H,106,125)(H,107,128)(H,108,115)(H,109,121)(H,110,126)(H,111,127)(H,132,133)(H4,90,91,94)(H4,92,93,95)/t43-,44-,45-,46-,47-,48-,49-,50-,51-,52-,53-,54-,55-,56-,57-,58-,61-,62+/m0/s1. The number of nitrogens with two attached hydrogens (primary N) is 9. The van der Waals surface area contributed by atoms with Crippen LogP contribution in [0.1, 0.15) is 217 Å². The van der Waals surface area contributed by atoms with Crippen LogP contribution in [-0.4, -0.2) is 295 Å². The van der Waals surface area contributed by atoms with Crippen molar-refractivity contribution >= 4 is 130 Å². The van der Waals surface area contributed by atoms with Crippen LogP contribution in [0.25, 0.3) is 0 Å². The van der Waals surface area contributed by atoms with Gasteiger partial charge >= 0.3 is 5.97 Å². The summed E-state index contributed by atoms with van der Waals surface area (Å²) in [5.41, 5.74) is 50.5. The van der Waals surface area contributed by atoms with Crippen LogP contribution in [0.15, 0.2) is 0 Å². The van der Waals surface area contributed by atoms with E-state index in [9.17, 15) is 101 Å². The normalized spacial score (nSPS) is 16.1. The Morgan fingerprint density at radius 1 is 0.316 bits per heavy atom. The molecule has 51 nitrogen and oxygen atoms in total. The summed E-state index contributed by atoms with van der Waals surface area (Å²) >= 11 is 0. The highest BCUT2D eigenvalue weighted by atomic mass is 16.4. The van der Waals surface area contributed by atoms with E-state index >= 15 is 0 Å². The molecule has 0 saturated carbocycles. The average molecular weight is 1890 g/mol. The Labute approximate surface area is 774 Å². The number of carbonyl (C=O) groups is 20. The third-order valence-corrected chi connectivity index (χ3v) is 21.4. The Hall–Kier alpha value is -12.3. The lowest BCUT2D eigenvalue weighted by Crippen LogP contribution is -2.61. The fraction of sp³-hybridized carbons (Fsp3) is 0.732. The summed E-state index contributed by atoms with van der Waals surface area (Å²) in [6.45, 7) is 16.4. The van der Waals surface area contributed by atoms with Crippen molar-refractivity contribution in [3.05, 3.63) is 0 Å². The van der Waals surface area contributed by atoms with Crippen LogP contribution in [0.2, 0.25) is 0 Å². The number of unbranched alkanes of at least 4 members (excludes halogenated alkanes) is 4. The van der Waals surface area contributed by atoms with Gasteiger partial charge in [0.05, 0.1) is 6.04 Å². The van der Waals surface area contributed by atoms with Gasteiger partial charge in [-0.15, -0.1) is 0 Å². The van der Waals surface area contributed by atoms with Gasteiger partial charge in [0.2, 0.25) is 112 Å². The Balaban J connectivity index is 3.41. The number of carboxylic acid groups (broad SMARTS) is 1. The van der Waals surface area contributed by atoms with Gasteiger partial charge in [0.25, 0.3) is 0 Å². The van der Waals surface area contributed by atoms with Gasteiger partial charge in [-0.1, -0.05) is 27.7 Å². The Kier molecular flexibility index (Phi) is 56.2. The molecule has 0 spiro atoms. The smallest absolute Gasteiger partial charge is 0.326 e. The second kappa shape index (κ2) is 63.0. The number of nitrogens with zero attached hydrogens (tertiary/aromatic N) is 1. The zero-order valence-electron chi connectivity index (χ0n) is 78.3. The maximum atomic E-state index is 14.4. The van der Waals surface area contributed by atoms with Crippen LogP contribution < -0.4 is 147 Å². The molecule has 51 heteroatoms. The molecule has 1 saturated heterocycles. The highest BCUT2D eigenvalue weighted by Gasteiger charge is 2.42. The molecule has 0 aromatic rings. The predicted octanol–water partition coefficient (Wildman–Crippen LogP) is -9.83. The van der Waals surface area contributed by atoms with Crippen LogP contribution in [-0.2, 0) is 95.9 Å². The number of hydrogen-bond donors (Lipinski definition) is 30. The zero-order chi connectivity index (χ0) is 101. The van der Waals surface area contributed by atoms with Crippen LogP contribution in [0.4, 0.5) is 0 Å². The summed E-state index contributed by atoms with van der Waals surface area (Å²) in [6, 6.07) is -24.5. The van der Waals surface area contributed by atoms with Gasteiger partial charge in [-0.05, 0) is 215 Å². The summed E-state index contributed by atoms with van der Waals surface area (Å²) in [7, 11) is 0. The van der Waals surface area contributed by atoms with Crippen molar-refractivity contribution in [3.63, 3.8) is 0 Å². The predicted molar refractivity (Wildman–Crippen MR) is 487 cm³/mol. The molecule has 1 aliphatic heterocycles. The van der Waals surface area contributed by atoms with E-state index < -0.39 is 258 Å². The largest absolute Gasteiger partial charge is 0.480 e. The van der Waals surface area contributed by atoms with Gasteiger partial charge in [0, 0.05) is 32.5 Å². The average Bonchev–Trinajstić information content (AvgIpc) is 1.68. The SMILES string of the molecule is CC(C)[C@H](NC(=O)[C@H](CCCCN)NC(=O)[C@H](CCCNC(=N)N)NC(=O)[C@H](C)NC(=O)[C@H](CCCCN)NC(=O)[C@H](C)NC(=O)[C@H](CCC(N)=O)NC(=O)[C@H](C)NC(=O)[C@H](C)NC(=O)[C@H](NC(=O)[C@H](CCCCN)NC(=O)[C@H](CCCNC(=N)N)NC(=O)[C@@H]1CCCN1C(=O)[C@H](CCCCN)NC(=O)[C@H](C)N)C(C)C)C(=O)N[C@@H](C)C(=O)N[C@@H](C)C(=O)N[C@@H](CCC(N)=O)C(=O)O. The Morgan fingerprint density at radius 3 is 0.880 bits per heavy atom. The number of nitrogens with one attached hydrogen (secondary N) is 20. The van der Waals surface area contributed by atoms with Crippen molar-refractivity contribution in [1.29, 1.82) is 10.8 Å². The van der Waals surface area contributed by atoms with Gasteiger partial charge in [0.15, 0.2) is 11.9 Å². The van der Waals surface area contributed by atoms with E-state index in [1.54, 1.807) is 27.7 Å². The van der Waals surface area contributed by atoms with Crippen molar-refractivity contribution < 1.29 is 101 Å². The monoisotopic (exact) mass is 1890 g/mol. The van der Waals surface area contributed by atoms with Crippen molar-refractivity contribution in [1.82, 2.24) is 101 Å². The lowest BCUT2D eigenvalue weighted by molar-refractivity contribution is -0.142. The molecular formula is C82H150N30O21. The van der Waals surface area contributed by atoms with E-state index in [1.807, 2.05) is 0 Å². The number of guanidine groups is 2. The van der Waals surface area contributed by atoms with E-state index in [2.05, 4.69) is 95.7 Å². The molecule has 754 valence electrons. The zero-order valence-corrected chi connectivity index (χ0v) is 78.3. The van der Waals surface area contributed by atoms with Crippen molar-refractivity contribution in [2.75, 3.05) is 45.8 Å². The maximum absolute atomic E-state index is 14.4. The van der Waals surface area contributed by atoms with E-state index in [4.69, 9.17) is 62.4 Å². The molecule has 1 heterocycles. The number of rotatable bonds is 66. The van der Waals surface area contributed by atoms with Crippen LogP contribution in [0, 0.1) is 22.7 Å². The van der Waals surface area contributed by atoms with Gasteiger partial charge in [-0.25, -0.2) is 4.79 Å². The number of aliphatic carboxylic acids is 1. The first-order valence-corrected chi connectivity index (χ1v) is 45.1. The molecule has 133 heavy (non-hydrogen) atoms. The van der Waals surface area contributed by atoms with Crippen LogP contribution >= 0.6 is 0 Å². The lowest BCUT2D eigenvalue weighted by atomic mass is 10.0. The Morgan fingerprint density at radius 2 is 0.571 bits per heavy atom. The fourth-order valence-electron chi connectivity index (χ4n) is 13.4. The highest BCUT2D eigenvalue weighted by molar-refractivity contribution is 6.02. The molecule has 0 aromatic carbocycles. The lowest BCUT2D eigenvalue weighted by Gasteiger charge is -2.31. The second-order valence-corrected chi connectivity index (χ2v) is 33.8. The molecule has 1 fully saturated rings. The van der Waals surface area contributed by atoms with Crippen LogP contribution in [0.3, 0.4) is 0 Å². The molecule has 0 aromatic heterocycles. The third kappa shape index (κ3) is 46.1. The molecule has 0 unspecified atom stereocenters. The number of likely N-dealkylation sites (tertiary alicyclic amines) is 1. The number of amides is 19. The van der Waals surface area contributed by atoms with Gasteiger partial charge in [-0.2, -0.15) is 0 Å². The number of carbonyl (C=O) groups excluding carboxylic acids is 19. The fourth-order valence-corrected chi connectivity index (χ4v) is 13.4. The van der Waals surface area contributed by atoms with Crippen molar-refractivity contribution in [3.8, 4) is 0 Å². The van der Waals surface area contributed by atoms with Gasteiger partial charge < -0.3 is 157 Å². The number of hydrogen-bond acceptors (Lipinski definition) is 27. The van der Waals surface area contributed by atoms with Gasteiger partial charge in [0.1, 0.15) is 103 Å². The minimum absolute atomic E-state index is 0.0132. The minimum atomic E-state index is -1.62. The first-order valence-electron chi connectivity index (χ1n) is 45.1. The van der Waals surface area contributed by atoms with E-state index in [0.29, 0.717) is 51.5 Å². The molecule has 0 radical (unpaired) electrons. The Bertz CT molecular complexity index is 3920. The van der Waals surface area contributed by atoms with Crippen LogP contribution in [0.5, 0.6) is 0 Å². The van der Waals surface area contributed by atoms with E-state index in [-0.39, 0.29) is 129 Å². The maximum Gasteiger partial charge on any atom is 0.326 e. The molecule has 18 atom stereocenters. The van der Waals surface area contributed by atoms with Crippen molar-refractivity contribution in [2.24, 2.45) is 63.4 Å². The summed E-state index contributed by atoms with van der Waals surface area (Å²) in [5, 5.41) is 70.4. The second-order valence-electron chi connectivity index (χ2n) is 33.8. The molecule has 1 rings (SSSR count). The summed E-state index contributed by atoms with van der Waals surface area (Å²) in [6.07, 6.45) is 1.99. The summed E-state index contributed by atoms with van der Waals surface area (Å²) in [4.78, 5) is 273. The highest BCUT2D eigenvalue weighted by Crippen LogP contribution is 2.22. The topological polar surface area (TPSA) is 863 Å². The number of primary amides is 2. The quantitative estimate of drug-likeness (QED) is 0.0153. The van der Waals surface area contributed by atoms with E-state index in [1.165, 1.54) is 53.4 Å². The third-order valence-electron chi connectivity index (χ3n) is 21.4. The van der Waals surface area contributed by atoms with Gasteiger partial charge in [-0.3, -0.25) is 102 Å².